The zero-order valence-corrected chi connectivity index (χ0v) is 10.2. The van der Waals surface area contributed by atoms with E-state index in [9.17, 15) is 9.59 Å². The lowest BCUT2D eigenvalue weighted by Crippen LogP contribution is -2.38. The van der Waals surface area contributed by atoms with Crippen LogP contribution in [0.25, 0.3) is 0 Å². The van der Waals surface area contributed by atoms with Crippen molar-refractivity contribution in [1.29, 1.82) is 0 Å². The van der Waals surface area contributed by atoms with Gasteiger partial charge in [-0.3, -0.25) is 14.5 Å². The van der Waals surface area contributed by atoms with E-state index in [2.05, 4.69) is 5.10 Å². The van der Waals surface area contributed by atoms with E-state index in [4.69, 9.17) is 11.6 Å². The van der Waals surface area contributed by atoms with Crippen LogP contribution in [0.3, 0.4) is 0 Å². The third kappa shape index (κ3) is 2.46. The Balaban J connectivity index is 2.74. The summed E-state index contributed by atoms with van der Waals surface area (Å²) in [5.41, 5.74) is 5.42. The molecule has 0 aromatic rings. The Morgan fingerprint density at radius 2 is 2.31 bits per heavy atom. The van der Waals surface area contributed by atoms with E-state index in [1.54, 1.807) is 0 Å². The fraction of sp³-hybridized carbons (Fsp3) is 0.667. The number of amides is 2. The van der Waals surface area contributed by atoms with Gasteiger partial charge in [0, 0.05) is 12.5 Å². The molecule has 0 saturated carbocycles. The van der Waals surface area contributed by atoms with Gasteiger partial charge in [0.25, 0.3) is 0 Å². The van der Waals surface area contributed by atoms with E-state index in [0.717, 1.165) is 18.2 Å². The van der Waals surface area contributed by atoms with Gasteiger partial charge in [0.15, 0.2) is 5.17 Å². The summed E-state index contributed by atoms with van der Waals surface area (Å²) in [5, 5.41) is 2.92. The average molecular weight is 244 g/mol. The molecule has 1 heterocycles. The van der Waals surface area contributed by atoms with Crippen molar-refractivity contribution in [3.8, 4) is 0 Å². The first-order chi connectivity index (χ1) is 7.51. The number of likely N-dealkylation sites (tertiary alicyclic amines) is 1. The minimum atomic E-state index is -0.478. The number of nitrogens with zero attached hydrogens (tertiary/aromatic N) is 2. The molecule has 1 saturated heterocycles. The minimum absolute atomic E-state index is 0.0679. The third-order valence-electron chi connectivity index (χ3n) is 2.56. The van der Waals surface area contributed by atoms with E-state index in [1.165, 1.54) is 4.90 Å². The molecule has 0 bridgehead atoms. The van der Waals surface area contributed by atoms with Gasteiger partial charge in [-0.1, -0.05) is 18.7 Å². The van der Waals surface area contributed by atoms with Crippen molar-refractivity contribution >= 4 is 28.7 Å². The van der Waals surface area contributed by atoms with Crippen LogP contribution in [0.5, 0.6) is 0 Å². The van der Waals surface area contributed by atoms with Crippen molar-refractivity contribution in [2.24, 2.45) is 16.7 Å². The first kappa shape index (κ1) is 12.8. The smallest absolute Gasteiger partial charge is 0.243 e. The fourth-order valence-electron chi connectivity index (χ4n) is 1.54. The van der Waals surface area contributed by atoms with Gasteiger partial charge >= 0.3 is 0 Å². The van der Waals surface area contributed by atoms with Crippen LogP contribution < -0.4 is 11.6 Å². The molecule has 1 fully saturated rings. The highest BCUT2D eigenvalue weighted by molar-refractivity contribution is 8.14. The summed E-state index contributed by atoms with van der Waals surface area (Å²) in [6.07, 6.45) is 0.916. The molecule has 0 radical (unpaired) electrons. The molecule has 6 nitrogen and oxygen atoms in total. The predicted octanol–water partition coefficient (Wildman–Crippen LogP) is -0.166. The van der Waals surface area contributed by atoms with E-state index < -0.39 is 5.25 Å². The van der Waals surface area contributed by atoms with Gasteiger partial charge in [-0.25, -0.2) is 0 Å². The number of hydrogen-bond donors (Lipinski definition) is 2. The third-order valence-corrected chi connectivity index (χ3v) is 3.56. The second-order valence-corrected chi connectivity index (χ2v) is 4.86. The van der Waals surface area contributed by atoms with Crippen LogP contribution in [0.2, 0.25) is 0 Å². The van der Waals surface area contributed by atoms with Crippen molar-refractivity contribution in [2.45, 2.75) is 38.0 Å². The van der Waals surface area contributed by atoms with Crippen LogP contribution in [0, 0.1) is 0 Å². The molecule has 0 aromatic carbocycles. The molecular weight excluding hydrogens is 228 g/mol. The molecule has 1 aliphatic rings. The van der Waals surface area contributed by atoms with Gasteiger partial charge < -0.3 is 11.6 Å². The summed E-state index contributed by atoms with van der Waals surface area (Å²) in [6.45, 7) is 3.78. The lowest BCUT2D eigenvalue weighted by atomic mass is 10.2. The van der Waals surface area contributed by atoms with Crippen molar-refractivity contribution in [1.82, 2.24) is 4.90 Å². The summed E-state index contributed by atoms with van der Waals surface area (Å²) >= 11 is 1.04. The van der Waals surface area contributed by atoms with Gasteiger partial charge in [-0.05, 0) is 13.3 Å². The summed E-state index contributed by atoms with van der Waals surface area (Å²) in [7, 11) is 0. The number of carbonyl (C=O) groups excluding carboxylic acids is 2. The second kappa shape index (κ2) is 5.20. The lowest BCUT2D eigenvalue weighted by Gasteiger charge is -2.21. The molecule has 90 valence electrons. The topological polar surface area (TPSA) is 102 Å². The van der Waals surface area contributed by atoms with Crippen LogP contribution >= 0.6 is 11.8 Å². The molecule has 0 spiro atoms. The molecule has 2 atom stereocenters. The SMILES string of the molecule is CCC(C)N1C(=O)CC(SC(N)=NN)C1=O. The van der Waals surface area contributed by atoms with Crippen molar-refractivity contribution in [3.05, 3.63) is 0 Å². The molecule has 2 amide bonds. The van der Waals surface area contributed by atoms with Gasteiger partial charge in [0.2, 0.25) is 11.8 Å². The van der Waals surface area contributed by atoms with Crippen LogP contribution in [-0.4, -0.2) is 33.2 Å². The Labute approximate surface area is 98.4 Å². The maximum atomic E-state index is 11.9. The van der Waals surface area contributed by atoms with Crippen molar-refractivity contribution in [3.63, 3.8) is 0 Å². The highest BCUT2D eigenvalue weighted by atomic mass is 32.2. The number of nitrogens with two attached hydrogens (primary N) is 2. The highest BCUT2D eigenvalue weighted by Gasteiger charge is 2.41. The van der Waals surface area contributed by atoms with Crippen LogP contribution in [0.1, 0.15) is 26.7 Å². The summed E-state index contributed by atoms with van der Waals surface area (Å²) in [5.74, 6) is 4.63. The van der Waals surface area contributed by atoms with Gasteiger partial charge in [0.1, 0.15) is 5.25 Å². The summed E-state index contributed by atoms with van der Waals surface area (Å²) in [4.78, 5) is 24.9. The number of hydrazone groups is 1. The number of imide groups is 1. The van der Waals surface area contributed by atoms with E-state index in [0.29, 0.717) is 0 Å². The minimum Gasteiger partial charge on any atom is -0.377 e. The maximum Gasteiger partial charge on any atom is 0.243 e. The second-order valence-electron chi connectivity index (χ2n) is 3.64. The summed E-state index contributed by atoms with van der Waals surface area (Å²) < 4.78 is 0. The Kier molecular flexibility index (Phi) is 4.17. The van der Waals surface area contributed by atoms with E-state index in [-0.39, 0.29) is 29.4 Å². The van der Waals surface area contributed by atoms with Gasteiger partial charge in [0.05, 0.1) is 0 Å². The zero-order valence-electron chi connectivity index (χ0n) is 9.34. The molecule has 0 aromatic heterocycles. The monoisotopic (exact) mass is 244 g/mol. The molecule has 16 heavy (non-hydrogen) atoms. The van der Waals surface area contributed by atoms with E-state index in [1.807, 2.05) is 13.8 Å². The molecule has 0 aliphatic carbocycles. The van der Waals surface area contributed by atoms with Crippen LogP contribution in [0.4, 0.5) is 0 Å². The molecule has 2 unspecified atom stereocenters. The quantitative estimate of drug-likeness (QED) is 0.236. The fourth-order valence-corrected chi connectivity index (χ4v) is 2.33. The number of thioether (sulfide) groups is 1. The molecule has 1 rings (SSSR count). The Hall–Kier alpha value is -1.24. The number of rotatable bonds is 3. The summed E-state index contributed by atoms with van der Waals surface area (Å²) in [6, 6.07) is -0.0679. The van der Waals surface area contributed by atoms with Crippen LogP contribution in [-0.2, 0) is 9.59 Å². The number of carbonyl (C=O) groups is 2. The van der Waals surface area contributed by atoms with Crippen LogP contribution in [0.15, 0.2) is 5.10 Å². The Bertz CT molecular complexity index is 331. The zero-order chi connectivity index (χ0) is 12.3. The van der Waals surface area contributed by atoms with Crippen molar-refractivity contribution < 1.29 is 9.59 Å². The largest absolute Gasteiger partial charge is 0.377 e. The van der Waals surface area contributed by atoms with Gasteiger partial charge in [-0.15, -0.1) is 0 Å². The lowest BCUT2D eigenvalue weighted by molar-refractivity contribution is -0.140. The average Bonchev–Trinajstić information content (AvgIpc) is 2.53. The molecule has 1 aliphatic heterocycles. The molecule has 7 heteroatoms. The molecular formula is C9H16N4O2S. The first-order valence-electron chi connectivity index (χ1n) is 5.07. The Morgan fingerprint density at radius 3 is 2.81 bits per heavy atom. The highest BCUT2D eigenvalue weighted by Crippen LogP contribution is 2.27. The normalized spacial score (nSPS) is 24.0. The van der Waals surface area contributed by atoms with Crippen molar-refractivity contribution in [2.75, 3.05) is 0 Å². The molecule has 4 N–H and O–H groups in total. The maximum absolute atomic E-state index is 11.9. The predicted molar refractivity (Wildman–Crippen MR) is 63.4 cm³/mol. The Morgan fingerprint density at radius 1 is 1.69 bits per heavy atom. The number of hydrogen-bond acceptors (Lipinski definition) is 5. The first-order valence-corrected chi connectivity index (χ1v) is 5.95. The number of amidine groups is 1. The van der Waals surface area contributed by atoms with E-state index >= 15 is 0 Å². The van der Waals surface area contributed by atoms with Gasteiger partial charge in [-0.2, -0.15) is 5.10 Å². The standard InChI is InChI=1S/C9H16N4O2S/c1-3-5(2)13-7(14)4-6(8(13)15)16-9(10)12-11/h5-6H,3-4,11H2,1-2H3,(H2,10,12).